The Kier molecular flexibility index (Phi) is 8.94. The van der Waals surface area contributed by atoms with E-state index in [4.69, 9.17) is 4.74 Å². The molecule has 38 heavy (non-hydrogen) atoms. The molecule has 0 aromatic heterocycles. The number of amides is 4. The standard InChI is InChI=1S/C29H33N5O4/c1-30-27(35)21-8-6-7-20(17-21)19-34-15-13-23(14-16-34)31-28(36)25-12-11-24(18-26(25)38-2)33-29(37)32-22-9-4-3-5-10-22/h3-12,17-18,23H,13-16,19H2,1-2H3,(H,30,35)(H,31,36)(H2,32,33,37). The summed E-state index contributed by atoms with van der Waals surface area (Å²) in [5.74, 6) is 0.0790. The summed E-state index contributed by atoms with van der Waals surface area (Å²) < 4.78 is 5.44. The molecular formula is C29H33N5O4. The number of anilines is 2. The highest BCUT2D eigenvalue weighted by Gasteiger charge is 2.23. The number of piperidine rings is 1. The molecule has 0 saturated carbocycles. The predicted octanol–water partition coefficient (Wildman–Crippen LogP) is 4.09. The van der Waals surface area contributed by atoms with Gasteiger partial charge in [-0.25, -0.2) is 4.79 Å². The molecule has 9 heteroatoms. The SMILES string of the molecule is CNC(=O)c1cccc(CN2CCC(NC(=O)c3ccc(NC(=O)Nc4ccccc4)cc3OC)CC2)c1. The number of rotatable bonds is 8. The number of benzene rings is 3. The first-order valence-electron chi connectivity index (χ1n) is 12.6. The number of ether oxygens (including phenoxy) is 1. The van der Waals surface area contributed by atoms with Crippen molar-refractivity contribution in [3.8, 4) is 5.75 Å². The maximum Gasteiger partial charge on any atom is 0.323 e. The first-order valence-corrected chi connectivity index (χ1v) is 12.6. The average Bonchev–Trinajstić information content (AvgIpc) is 2.94. The lowest BCUT2D eigenvalue weighted by Gasteiger charge is -2.32. The van der Waals surface area contributed by atoms with Gasteiger partial charge in [0.25, 0.3) is 11.8 Å². The molecule has 4 amide bonds. The van der Waals surface area contributed by atoms with Crippen LogP contribution in [0.15, 0.2) is 72.8 Å². The molecule has 1 aliphatic heterocycles. The summed E-state index contributed by atoms with van der Waals surface area (Å²) in [6.45, 7) is 2.43. The molecule has 1 aliphatic rings. The highest BCUT2D eigenvalue weighted by atomic mass is 16.5. The van der Waals surface area contributed by atoms with E-state index in [1.54, 1.807) is 43.4 Å². The van der Waals surface area contributed by atoms with Crippen LogP contribution in [-0.4, -0.2) is 56.0 Å². The molecular weight excluding hydrogens is 482 g/mol. The number of methoxy groups -OCH3 is 1. The first-order chi connectivity index (χ1) is 18.4. The Morgan fingerprint density at radius 3 is 2.32 bits per heavy atom. The molecule has 3 aromatic rings. The highest BCUT2D eigenvalue weighted by molar-refractivity contribution is 6.01. The van der Waals surface area contributed by atoms with Crippen molar-refractivity contribution in [3.63, 3.8) is 0 Å². The number of likely N-dealkylation sites (tertiary alicyclic amines) is 1. The number of urea groups is 1. The summed E-state index contributed by atoms with van der Waals surface area (Å²) in [6.07, 6.45) is 1.64. The van der Waals surface area contributed by atoms with E-state index in [9.17, 15) is 14.4 Å². The van der Waals surface area contributed by atoms with Crippen LogP contribution in [-0.2, 0) is 6.54 Å². The van der Waals surface area contributed by atoms with Gasteiger partial charge in [0, 0.05) is 55.7 Å². The zero-order chi connectivity index (χ0) is 26.9. The smallest absolute Gasteiger partial charge is 0.323 e. The van der Waals surface area contributed by atoms with Crippen LogP contribution in [0.3, 0.4) is 0 Å². The van der Waals surface area contributed by atoms with Gasteiger partial charge in [-0.2, -0.15) is 0 Å². The van der Waals surface area contributed by atoms with Crippen molar-refractivity contribution < 1.29 is 19.1 Å². The maximum absolute atomic E-state index is 13.0. The fraction of sp³-hybridized carbons (Fsp3) is 0.276. The molecule has 0 spiro atoms. The Morgan fingerprint density at radius 1 is 0.868 bits per heavy atom. The minimum absolute atomic E-state index is 0.0510. The predicted molar refractivity (Wildman–Crippen MR) is 148 cm³/mol. The van der Waals surface area contributed by atoms with Crippen LogP contribution in [0.4, 0.5) is 16.2 Å². The summed E-state index contributed by atoms with van der Waals surface area (Å²) in [5, 5.41) is 11.3. The molecule has 1 heterocycles. The van der Waals surface area contributed by atoms with Crippen LogP contribution in [0.2, 0.25) is 0 Å². The number of para-hydroxylation sites is 1. The number of carbonyl (C=O) groups is 3. The molecule has 9 nitrogen and oxygen atoms in total. The molecule has 198 valence electrons. The lowest BCUT2D eigenvalue weighted by Crippen LogP contribution is -2.44. The zero-order valence-corrected chi connectivity index (χ0v) is 21.6. The van der Waals surface area contributed by atoms with Gasteiger partial charge in [-0.1, -0.05) is 30.3 Å². The molecule has 4 rings (SSSR count). The largest absolute Gasteiger partial charge is 0.496 e. The summed E-state index contributed by atoms with van der Waals surface area (Å²) in [6, 6.07) is 21.4. The third-order valence-electron chi connectivity index (χ3n) is 6.48. The molecule has 0 radical (unpaired) electrons. The van der Waals surface area contributed by atoms with E-state index < -0.39 is 0 Å². The van der Waals surface area contributed by atoms with E-state index in [1.165, 1.54) is 7.11 Å². The van der Waals surface area contributed by atoms with Crippen LogP contribution < -0.4 is 26.0 Å². The second-order valence-electron chi connectivity index (χ2n) is 9.16. The summed E-state index contributed by atoms with van der Waals surface area (Å²) >= 11 is 0. The van der Waals surface area contributed by atoms with E-state index in [2.05, 4.69) is 26.2 Å². The number of nitrogens with zero attached hydrogens (tertiary/aromatic N) is 1. The van der Waals surface area contributed by atoms with Gasteiger partial charge in [0.15, 0.2) is 0 Å². The summed E-state index contributed by atoms with van der Waals surface area (Å²) in [4.78, 5) is 39.6. The molecule has 1 saturated heterocycles. The van der Waals surface area contributed by atoms with Crippen molar-refractivity contribution in [2.75, 3.05) is 37.9 Å². The fourth-order valence-corrected chi connectivity index (χ4v) is 4.48. The van der Waals surface area contributed by atoms with Gasteiger partial charge < -0.3 is 26.0 Å². The van der Waals surface area contributed by atoms with Crippen molar-refractivity contribution in [2.24, 2.45) is 0 Å². The number of hydrogen-bond donors (Lipinski definition) is 4. The maximum atomic E-state index is 13.0. The minimum atomic E-state index is -0.387. The normalized spacial score (nSPS) is 13.8. The Hall–Kier alpha value is -4.37. The van der Waals surface area contributed by atoms with Crippen molar-refractivity contribution in [3.05, 3.63) is 89.5 Å². The molecule has 0 aliphatic carbocycles. The van der Waals surface area contributed by atoms with Crippen molar-refractivity contribution >= 4 is 29.2 Å². The monoisotopic (exact) mass is 515 g/mol. The van der Waals surface area contributed by atoms with Gasteiger partial charge in [-0.15, -0.1) is 0 Å². The van der Waals surface area contributed by atoms with Crippen LogP contribution in [0.1, 0.15) is 39.1 Å². The molecule has 0 unspecified atom stereocenters. The Bertz CT molecular complexity index is 1270. The van der Waals surface area contributed by atoms with Gasteiger partial charge in [-0.05, 0) is 54.8 Å². The molecule has 1 fully saturated rings. The van der Waals surface area contributed by atoms with Crippen LogP contribution in [0, 0.1) is 0 Å². The molecule has 3 aromatic carbocycles. The lowest BCUT2D eigenvalue weighted by atomic mass is 10.0. The number of nitrogens with one attached hydrogen (secondary N) is 4. The van der Waals surface area contributed by atoms with Gasteiger partial charge in [0.2, 0.25) is 0 Å². The number of carbonyl (C=O) groups excluding carboxylic acids is 3. The van der Waals surface area contributed by atoms with E-state index in [0.29, 0.717) is 28.3 Å². The van der Waals surface area contributed by atoms with Crippen molar-refractivity contribution in [1.29, 1.82) is 0 Å². The summed E-state index contributed by atoms with van der Waals surface area (Å²) in [7, 11) is 3.12. The Balaban J connectivity index is 1.29. The van der Waals surface area contributed by atoms with Crippen molar-refractivity contribution in [1.82, 2.24) is 15.5 Å². The highest BCUT2D eigenvalue weighted by Crippen LogP contribution is 2.24. The average molecular weight is 516 g/mol. The second kappa shape index (κ2) is 12.7. The van der Waals surface area contributed by atoms with Gasteiger partial charge in [0.05, 0.1) is 12.7 Å². The van der Waals surface area contributed by atoms with E-state index in [0.717, 1.165) is 38.0 Å². The lowest BCUT2D eigenvalue weighted by molar-refractivity contribution is 0.0905. The number of hydrogen-bond acceptors (Lipinski definition) is 5. The van der Waals surface area contributed by atoms with Gasteiger partial charge >= 0.3 is 6.03 Å². The van der Waals surface area contributed by atoms with Crippen LogP contribution >= 0.6 is 0 Å². The van der Waals surface area contributed by atoms with Crippen LogP contribution in [0.25, 0.3) is 0 Å². The third kappa shape index (κ3) is 7.10. The zero-order valence-electron chi connectivity index (χ0n) is 21.6. The summed E-state index contributed by atoms with van der Waals surface area (Å²) in [5.41, 5.74) is 3.34. The second-order valence-corrected chi connectivity index (χ2v) is 9.16. The minimum Gasteiger partial charge on any atom is -0.496 e. The third-order valence-corrected chi connectivity index (χ3v) is 6.48. The van der Waals surface area contributed by atoms with E-state index >= 15 is 0 Å². The van der Waals surface area contributed by atoms with E-state index in [-0.39, 0.29) is 23.9 Å². The van der Waals surface area contributed by atoms with Crippen molar-refractivity contribution in [2.45, 2.75) is 25.4 Å². The topological polar surface area (TPSA) is 112 Å². The van der Waals surface area contributed by atoms with Gasteiger partial charge in [-0.3, -0.25) is 14.5 Å². The quantitative estimate of drug-likeness (QED) is 0.361. The fourth-order valence-electron chi connectivity index (χ4n) is 4.48. The van der Waals surface area contributed by atoms with E-state index in [1.807, 2.05) is 36.4 Å². The molecule has 0 bridgehead atoms. The molecule has 4 N–H and O–H groups in total. The van der Waals surface area contributed by atoms with Crippen LogP contribution in [0.5, 0.6) is 5.75 Å². The Morgan fingerprint density at radius 2 is 1.61 bits per heavy atom. The van der Waals surface area contributed by atoms with Gasteiger partial charge in [0.1, 0.15) is 5.75 Å². The Labute approximate surface area is 222 Å². The molecule has 0 atom stereocenters. The first kappa shape index (κ1) is 26.7.